The van der Waals surface area contributed by atoms with Gasteiger partial charge in [0.25, 0.3) is 10.0 Å². The van der Waals surface area contributed by atoms with E-state index in [1.165, 1.54) is 21.9 Å². The van der Waals surface area contributed by atoms with Gasteiger partial charge < -0.3 is 25.4 Å². The minimum Gasteiger partial charge on any atom is -0.423 e. The first-order valence-corrected chi connectivity index (χ1v) is 23.4. The molecule has 2 aliphatic heterocycles. The largest absolute Gasteiger partial charge is 0.573 e. The summed E-state index contributed by atoms with van der Waals surface area (Å²) in [7, 11) is -5.04. The number of anilines is 4. The Morgan fingerprint density at radius 2 is 1.15 bits per heavy atom. The predicted octanol–water partition coefficient (Wildman–Crippen LogP) is 11.5. The summed E-state index contributed by atoms with van der Waals surface area (Å²) in [4.78, 5) is 7.15. The fourth-order valence-corrected chi connectivity index (χ4v) is 9.44. The van der Waals surface area contributed by atoms with Crippen molar-refractivity contribution in [3.63, 3.8) is 0 Å². The van der Waals surface area contributed by atoms with Crippen LogP contribution in [-0.4, -0.2) is 37.7 Å². The van der Waals surface area contributed by atoms with E-state index in [9.17, 15) is 21.6 Å². The normalized spacial score (nSPS) is 13.0. The number of fused-ring (bicyclic) bond motifs is 4. The molecule has 0 amide bonds. The Morgan fingerprint density at radius 1 is 0.662 bits per heavy atom. The second-order valence-corrected chi connectivity index (χ2v) is 19.0. The number of nitrogens with zero attached hydrogens (tertiary/aromatic N) is 1. The first kappa shape index (κ1) is 46.8. The first-order chi connectivity index (χ1) is 31.0. The SMILES string of the molecule is C/C(=N\NS(=O)(=O)c1ccc(C)cc1)c1ccc2c(c1)Nc1ccccc1S2.CC(c1ccc(OC(F)(F)F)cc1)c1ccc2c(c1)Nc1ccccc1S2.Cc1ccc(B(O)O)cc1. The van der Waals surface area contributed by atoms with E-state index in [0.717, 1.165) is 60.4 Å². The van der Waals surface area contributed by atoms with Gasteiger partial charge in [0.2, 0.25) is 0 Å². The number of hydrogen-bond donors (Lipinski definition) is 5. The number of hydrogen-bond acceptors (Lipinski definition) is 10. The summed E-state index contributed by atoms with van der Waals surface area (Å²) in [5, 5.41) is 28.3. The van der Waals surface area contributed by atoms with Crippen molar-refractivity contribution in [3.05, 3.63) is 186 Å². The minimum atomic E-state index is -4.68. The third kappa shape index (κ3) is 12.3. The van der Waals surface area contributed by atoms with Crippen molar-refractivity contribution in [1.82, 2.24) is 4.83 Å². The smallest absolute Gasteiger partial charge is 0.423 e. The first-order valence-electron chi connectivity index (χ1n) is 20.3. The van der Waals surface area contributed by atoms with Crippen molar-refractivity contribution in [1.29, 1.82) is 0 Å². The number of aryl methyl sites for hydroxylation is 2. The summed E-state index contributed by atoms with van der Waals surface area (Å²) in [6, 6.07) is 48.2. The van der Waals surface area contributed by atoms with Gasteiger partial charge >= 0.3 is 13.5 Å². The van der Waals surface area contributed by atoms with Gasteiger partial charge in [-0.15, -0.1) is 13.2 Å². The topological polar surface area (TPSA) is 132 Å². The lowest BCUT2D eigenvalue weighted by Gasteiger charge is -2.22. The summed E-state index contributed by atoms with van der Waals surface area (Å²) >= 11 is 3.43. The van der Waals surface area contributed by atoms with Crippen molar-refractivity contribution in [2.24, 2.45) is 5.10 Å². The van der Waals surface area contributed by atoms with Crippen LogP contribution in [0.3, 0.4) is 0 Å². The molecule has 0 bridgehead atoms. The van der Waals surface area contributed by atoms with E-state index >= 15 is 0 Å². The number of sulfonamides is 1. The van der Waals surface area contributed by atoms with Crippen LogP contribution in [-0.2, 0) is 10.0 Å². The lowest BCUT2D eigenvalue weighted by atomic mass is 9.80. The van der Waals surface area contributed by atoms with E-state index in [1.807, 2.05) is 87.5 Å². The Bertz CT molecular complexity index is 2920. The molecule has 0 aromatic heterocycles. The summed E-state index contributed by atoms with van der Waals surface area (Å²) < 4.78 is 65.7. The van der Waals surface area contributed by atoms with Crippen molar-refractivity contribution in [2.75, 3.05) is 10.6 Å². The van der Waals surface area contributed by atoms with Crippen LogP contribution in [0.15, 0.2) is 187 Å². The lowest BCUT2D eigenvalue weighted by molar-refractivity contribution is -0.274. The Morgan fingerprint density at radius 3 is 1.71 bits per heavy atom. The summed E-state index contributed by atoms with van der Waals surface area (Å²) in [5.41, 5.74) is 10.3. The zero-order chi connectivity index (χ0) is 46.3. The number of halogens is 3. The van der Waals surface area contributed by atoms with E-state index in [-0.39, 0.29) is 16.6 Å². The molecule has 65 heavy (non-hydrogen) atoms. The molecular weight excluding hydrogens is 889 g/mol. The molecule has 9 rings (SSSR count). The van der Waals surface area contributed by atoms with Crippen molar-refractivity contribution in [3.8, 4) is 5.75 Å². The molecule has 0 aliphatic carbocycles. The average molecular weight is 933 g/mol. The molecule has 9 nitrogen and oxygen atoms in total. The number of alkyl halides is 3. The maximum Gasteiger partial charge on any atom is 0.573 e. The monoisotopic (exact) mass is 932 g/mol. The summed E-state index contributed by atoms with van der Waals surface area (Å²) in [5.74, 6) is -0.169. The third-order valence-corrected chi connectivity index (χ3v) is 13.8. The van der Waals surface area contributed by atoms with E-state index < -0.39 is 23.5 Å². The van der Waals surface area contributed by atoms with Gasteiger partial charge in [-0.3, -0.25) is 0 Å². The van der Waals surface area contributed by atoms with E-state index in [0.29, 0.717) is 11.2 Å². The van der Waals surface area contributed by atoms with Crippen LogP contribution >= 0.6 is 23.5 Å². The van der Waals surface area contributed by atoms with Gasteiger partial charge in [0.15, 0.2) is 0 Å². The number of nitrogens with one attached hydrogen (secondary N) is 3. The summed E-state index contributed by atoms with van der Waals surface area (Å²) in [6.07, 6.45) is -4.68. The Hall–Kier alpha value is -6.17. The Labute approximate surface area is 385 Å². The number of para-hydroxylation sites is 2. The molecule has 1 unspecified atom stereocenters. The zero-order valence-corrected chi connectivity index (χ0v) is 38.0. The molecular formula is C49H44BF3N4O5S3. The van der Waals surface area contributed by atoms with Crippen LogP contribution in [0.2, 0.25) is 0 Å². The van der Waals surface area contributed by atoms with Gasteiger partial charge in [-0.05, 0) is 116 Å². The third-order valence-electron chi connectivity index (χ3n) is 10.3. The highest BCUT2D eigenvalue weighted by molar-refractivity contribution is 8.00. The second-order valence-electron chi connectivity index (χ2n) is 15.1. The number of hydrazone groups is 1. The van der Waals surface area contributed by atoms with Crippen LogP contribution in [0.5, 0.6) is 5.75 Å². The zero-order valence-electron chi connectivity index (χ0n) is 35.6. The molecule has 0 fully saturated rings. The van der Waals surface area contributed by atoms with Gasteiger partial charge in [0, 0.05) is 25.5 Å². The van der Waals surface area contributed by atoms with E-state index in [4.69, 9.17) is 10.0 Å². The van der Waals surface area contributed by atoms with Crippen LogP contribution in [0.25, 0.3) is 0 Å². The quantitative estimate of drug-likeness (QED) is 0.0574. The van der Waals surface area contributed by atoms with Crippen molar-refractivity contribution >= 4 is 74.6 Å². The molecule has 1 atom stereocenters. The van der Waals surface area contributed by atoms with Gasteiger partial charge in [0.1, 0.15) is 5.75 Å². The molecule has 2 aliphatic rings. The standard InChI is InChI=1S/C21H16F3NOS.C21H19N3O2S2.C7H9BO2/c1-13(14-6-9-16(10-7-14)26-21(22,23)24)15-8-11-20-18(12-15)25-17-4-2-3-5-19(17)27-20;1-14-7-10-17(11-8-14)28(25,26)24-23-15(2)16-9-12-21-19(13-16)22-18-5-3-4-6-20(18)27-21;1-6-2-4-7(5-3-6)8(9)10/h2-13,25H,1H3;3-13,22,24H,1-2H3;2-5,9-10H,1H3/b;23-15+;. The molecule has 0 radical (unpaired) electrons. The highest BCUT2D eigenvalue weighted by Gasteiger charge is 2.31. The van der Waals surface area contributed by atoms with Crippen LogP contribution in [0.4, 0.5) is 35.9 Å². The minimum absolute atomic E-state index is 0.0409. The fourth-order valence-electron chi connectivity index (χ4n) is 6.64. The van der Waals surface area contributed by atoms with Crippen LogP contribution < -0.4 is 25.7 Å². The highest BCUT2D eigenvalue weighted by atomic mass is 32.2. The van der Waals surface area contributed by atoms with Crippen LogP contribution in [0, 0.1) is 13.8 Å². The molecule has 7 aromatic rings. The van der Waals surface area contributed by atoms with Crippen molar-refractivity contribution in [2.45, 2.75) is 64.5 Å². The number of ether oxygens (including phenoxy) is 1. The molecule has 0 saturated heterocycles. The van der Waals surface area contributed by atoms with Crippen molar-refractivity contribution < 1.29 is 36.4 Å². The van der Waals surface area contributed by atoms with Gasteiger partial charge in [0.05, 0.1) is 33.4 Å². The molecule has 16 heteroatoms. The van der Waals surface area contributed by atoms with Gasteiger partial charge in [-0.2, -0.15) is 18.4 Å². The molecule has 7 aromatic carbocycles. The van der Waals surface area contributed by atoms with E-state index in [1.54, 1.807) is 79.0 Å². The second kappa shape index (κ2) is 20.3. The molecule has 0 spiro atoms. The maximum absolute atomic E-state index is 12.4. The fraction of sp³-hybridized carbons (Fsp3) is 0.122. The Kier molecular flexibility index (Phi) is 14.7. The molecule has 332 valence electrons. The van der Waals surface area contributed by atoms with Gasteiger partial charge in [-0.25, -0.2) is 0 Å². The molecule has 2 heterocycles. The average Bonchev–Trinajstić information content (AvgIpc) is 3.29. The Balaban J connectivity index is 0.000000161. The maximum atomic E-state index is 12.4. The summed E-state index contributed by atoms with van der Waals surface area (Å²) in [6.45, 7) is 7.68. The molecule has 0 saturated carbocycles. The van der Waals surface area contributed by atoms with Gasteiger partial charge in [-0.1, -0.05) is 127 Å². The van der Waals surface area contributed by atoms with Crippen LogP contribution in [0.1, 0.15) is 47.6 Å². The van der Waals surface area contributed by atoms with E-state index in [2.05, 4.69) is 55.6 Å². The highest BCUT2D eigenvalue weighted by Crippen LogP contribution is 2.46. The molecule has 5 N–H and O–H groups in total. The lowest BCUT2D eigenvalue weighted by Crippen LogP contribution is -2.29. The number of rotatable bonds is 8. The number of benzene rings is 7. The predicted molar refractivity (Wildman–Crippen MR) is 256 cm³/mol.